The predicted molar refractivity (Wildman–Crippen MR) is 98.8 cm³/mol. The predicted octanol–water partition coefficient (Wildman–Crippen LogP) is 3.94. The summed E-state index contributed by atoms with van der Waals surface area (Å²) in [7, 11) is 0. The van der Waals surface area contributed by atoms with E-state index in [1.165, 1.54) is 0 Å². The highest BCUT2D eigenvalue weighted by Crippen LogP contribution is 2.35. The molecule has 0 aromatic heterocycles. The highest BCUT2D eigenvalue weighted by molar-refractivity contribution is 6.30. The third-order valence-corrected chi connectivity index (χ3v) is 5.87. The summed E-state index contributed by atoms with van der Waals surface area (Å²) in [6.07, 6.45) is 5.47. The van der Waals surface area contributed by atoms with Crippen molar-refractivity contribution in [2.45, 2.75) is 70.1 Å². The van der Waals surface area contributed by atoms with Crippen LogP contribution in [0.2, 0.25) is 5.02 Å². The van der Waals surface area contributed by atoms with Crippen molar-refractivity contribution in [3.63, 3.8) is 0 Å². The molecule has 2 N–H and O–H groups in total. The zero-order chi connectivity index (χ0) is 18.0. The lowest BCUT2D eigenvalue weighted by atomic mass is 9.76. The Morgan fingerprint density at radius 3 is 2.52 bits per heavy atom. The summed E-state index contributed by atoms with van der Waals surface area (Å²) in [4.78, 5) is 12.4. The third-order valence-electron chi connectivity index (χ3n) is 5.64. The fourth-order valence-corrected chi connectivity index (χ4v) is 4.05. The minimum Gasteiger partial charge on any atom is -0.490 e. The van der Waals surface area contributed by atoms with Crippen molar-refractivity contribution in [1.29, 1.82) is 0 Å². The van der Waals surface area contributed by atoms with Gasteiger partial charge in [-0.3, -0.25) is 4.79 Å². The molecule has 0 radical (unpaired) electrons. The van der Waals surface area contributed by atoms with Crippen LogP contribution in [0.5, 0.6) is 5.75 Å². The van der Waals surface area contributed by atoms with Crippen molar-refractivity contribution in [2.24, 2.45) is 11.8 Å². The first kappa shape index (κ1) is 18.5. The van der Waals surface area contributed by atoms with E-state index in [1.807, 2.05) is 32.0 Å². The molecule has 0 heterocycles. The number of hydrogen-bond acceptors (Lipinski definition) is 3. The molecule has 25 heavy (non-hydrogen) atoms. The van der Waals surface area contributed by atoms with Gasteiger partial charge < -0.3 is 15.2 Å². The van der Waals surface area contributed by atoms with E-state index in [4.69, 9.17) is 16.3 Å². The fraction of sp³-hybridized carbons (Fsp3) is 0.650. The van der Waals surface area contributed by atoms with Crippen LogP contribution in [-0.4, -0.2) is 28.8 Å². The first-order valence-corrected chi connectivity index (χ1v) is 9.64. The molecule has 3 rings (SSSR count). The summed E-state index contributed by atoms with van der Waals surface area (Å²) in [5.74, 6) is 1.30. The molecule has 1 amide bonds. The maximum Gasteiger partial charge on any atom is 0.223 e. The van der Waals surface area contributed by atoms with Crippen LogP contribution in [0.3, 0.4) is 0 Å². The zero-order valence-corrected chi connectivity index (χ0v) is 15.8. The molecule has 1 aromatic rings. The van der Waals surface area contributed by atoms with E-state index in [0.717, 1.165) is 44.3 Å². The smallest absolute Gasteiger partial charge is 0.223 e. The van der Waals surface area contributed by atoms with Crippen molar-refractivity contribution in [3.05, 3.63) is 29.3 Å². The molecule has 138 valence electrons. The second kappa shape index (κ2) is 7.55. The van der Waals surface area contributed by atoms with Crippen molar-refractivity contribution in [3.8, 4) is 5.75 Å². The second-order valence-electron chi connectivity index (χ2n) is 8.08. The molecular weight excluding hydrogens is 338 g/mol. The van der Waals surface area contributed by atoms with Crippen LogP contribution in [0.15, 0.2) is 24.3 Å². The molecule has 2 fully saturated rings. The Hall–Kier alpha value is -1.26. The minimum absolute atomic E-state index is 0.0520. The SMILES string of the molecule is CC(C)(O)C1CCC(NC(=O)C2CC(Oc3cccc(Cl)c3)C2)CC1. The number of amides is 1. The van der Waals surface area contributed by atoms with Crippen LogP contribution in [0.4, 0.5) is 0 Å². The van der Waals surface area contributed by atoms with Gasteiger partial charge in [0.1, 0.15) is 11.9 Å². The summed E-state index contributed by atoms with van der Waals surface area (Å²) in [5, 5.41) is 14.0. The molecule has 4 nitrogen and oxygen atoms in total. The van der Waals surface area contributed by atoms with Gasteiger partial charge in [-0.15, -0.1) is 0 Å². The molecule has 2 saturated carbocycles. The highest BCUT2D eigenvalue weighted by Gasteiger charge is 2.38. The van der Waals surface area contributed by atoms with E-state index in [2.05, 4.69) is 5.32 Å². The number of benzene rings is 1. The van der Waals surface area contributed by atoms with E-state index in [-0.39, 0.29) is 24.0 Å². The van der Waals surface area contributed by atoms with Gasteiger partial charge >= 0.3 is 0 Å². The summed E-state index contributed by atoms with van der Waals surface area (Å²) < 4.78 is 5.86. The average Bonchev–Trinajstić information content (AvgIpc) is 2.50. The molecule has 0 spiro atoms. The lowest BCUT2D eigenvalue weighted by molar-refractivity contribution is -0.131. The molecule has 2 aliphatic rings. The lowest BCUT2D eigenvalue weighted by Crippen LogP contribution is -2.48. The number of hydrogen-bond donors (Lipinski definition) is 2. The molecule has 0 saturated heterocycles. The third kappa shape index (κ3) is 4.89. The van der Waals surface area contributed by atoms with E-state index < -0.39 is 5.60 Å². The number of nitrogens with one attached hydrogen (secondary N) is 1. The molecular formula is C20H28ClNO3. The van der Waals surface area contributed by atoms with Crippen molar-refractivity contribution in [1.82, 2.24) is 5.32 Å². The van der Waals surface area contributed by atoms with Gasteiger partial charge in [0.25, 0.3) is 0 Å². The minimum atomic E-state index is -0.617. The summed E-state index contributed by atoms with van der Waals surface area (Å²) >= 11 is 5.96. The maximum absolute atomic E-state index is 12.4. The average molecular weight is 366 g/mol. The molecule has 5 heteroatoms. The van der Waals surface area contributed by atoms with Gasteiger partial charge in [-0.2, -0.15) is 0 Å². The monoisotopic (exact) mass is 365 g/mol. The maximum atomic E-state index is 12.4. The Balaban J connectivity index is 1.38. The quantitative estimate of drug-likeness (QED) is 0.830. The molecule has 0 unspecified atom stereocenters. The van der Waals surface area contributed by atoms with Gasteiger partial charge in [0, 0.05) is 17.0 Å². The van der Waals surface area contributed by atoms with Gasteiger partial charge in [-0.05, 0) is 76.5 Å². The summed E-state index contributed by atoms with van der Waals surface area (Å²) in [5.41, 5.74) is -0.617. The van der Waals surface area contributed by atoms with Gasteiger partial charge in [0.05, 0.1) is 5.60 Å². The number of ether oxygens (including phenoxy) is 1. The highest BCUT2D eigenvalue weighted by atomic mass is 35.5. The molecule has 2 aliphatic carbocycles. The molecule has 0 bridgehead atoms. The number of halogens is 1. The molecule has 0 aliphatic heterocycles. The summed E-state index contributed by atoms with van der Waals surface area (Å²) in [6.45, 7) is 3.76. The van der Waals surface area contributed by atoms with E-state index in [9.17, 15) is 9.90 Å². The Morgan fingerprint density at radius 2 is 1.92 bits per heavy atom. The van der Waals surface area contributed by atoms with Gasteiger partial charge in [-0.1, -0.05) is 17.7 Å². The molecule has 0 atom stereocenters. The van der Waals surface area contributed by atoms with Crippen LogP contribution >= 0.6 is 11.6 Å². The summed E-state index contributed by atoms with van der Waals surface area (Å²) in [6, 6.07) is 7.62. The van der Waals surface area contributed by atoms with E-state index in [0.29, 0.717) is 10.9 Å². The Labute approximate surface area is 154 Å². The van der Waals surface area contributed by atoms with Crippen LogP contribution < -0.4 is 10.1 Å². The topological polar surface area (TPSA) is 58.6 Å². The van der Waals surface area contributed by atoms with Gasteiger partial charge in [-0.25, -0.2) is 0 Å². The van der Waals surface area contributed by atoms with Gasteiger partial charge in [0.2, 0.25) is 5.91 Å². The largest absolute Gasteiger partial charge is 0.490 e. The Morgan fingerprint density at radius 1 is 1.24 bits per heavy atom. The Bertz CT molecular complexity index is 599. The normalized spacial score (nSPS) is 29.6. The Kier molecular flexibility index (Phi) is 5.59. The van der Waals surface area contributed by atoms with Crippen LogP contribution in [-0.2, 0) is 4.79 Å². The standard InChI is InChI=1S/C20H28ClNO3/c1-20(2,24)14-6-8-16(9-7-14)22-19(23)13-10-18(11-13)25-17-5-3-4-15(21)12-17/h3-5,12-14,16,18,24H,6-11H2,1-2H3,(H,22,23). The van der Waals surface area contributed by atoms with Crippen LogP contribution in [0, 0.1) is 11.8 Å². The zero-order valence-electron chi connectivity index (χ0n) is 15.0. The van der Waals surface area contributed by atoms with E-state index >= 15 is 0 Å². The number of carbonyl (C=O) groups excluding carboxylic acids is 1. The first-order valence-electron chi connectivity index (χ1n) is 9.26. The first-order chi connectivity index (χ1) is 11.8. The van der Waals surface area contributed by atoms with Crippen LogP contribution in [0.1, 0.15) is 52.4 Å². The lowest BCUT2D eigenvalue weighted by Gasteiger charge is -2.38. The number of aliphatic hydroxyl groups is 1. The van der Waals surface area contributed by atoms with E-state index in [1.54, 1.807) is 6.07 Å². The van der Waals surface area contributed by atoms with Gasteiger partial charge in [0.15, 0.2) is 0 Å². The van der Waals surface area contributed by atoms with Crippen LogP contribution in [0.25, 0.3) is 0 Å². The fourth-order valence-electron chi connectivity index (χ4n) is 3.87. The van der Waals surface area contributed by atoms with Crippen molar-refractivity contribution >= 4 is 17.5 Å². The number of rotatable bonds is 5. The number of carbonyl (C=O) groups is 1. The van der Waals surface area contributed by atoms with Crippen molar-refractivity contribution in [2.75, 3.05) is 0 Å². The van der Waals surface area contributed by atoms with Crippen molar-refractivity contribution < 1.29 is 14.6 Å². The second-order valence-corrected chi connectivity index (χ2v) is 8.51. The molecule has 1 aromatic carbocycles.